The van der Waals surface area contributed by atoms with Crippen LogP contribution in [0.1, 0.15) is 6.92 Å². The molecule has 1 aliphatic rings. The number of thioether (sulfide) groups is 1. The van der Waals surface area contributed by atoms with Gasteiger partial charge in [-0.15, -0.1) is 11.8 Å². The molecule has 2 heteroatoms. The second-order valence-corrected chi connectivity index (χ2v) is 4.34. The molecule has 0 bridgehead atoms. The normalized spacial score (nSPS) is 16.5. The minimum atomic E-state index is 0.614. The van der Waals surface area contributed by atoms with Gasteiger partial charge in [0, 0.05) is 15.9 Å². The lowest BCUT2D eigenvalue weighted by molar-refractivity contribution is 0.979. The number of allylic oxidation sites excluding steroid dienone is 4. The van der Waals surface area contributed by atoms with Crippen LogP contribution in [-0.4, -0.2) is 9.95 Å². The highest BCUT2D eigenvalue weighted by atomic mass is 32.2. The standard InChI is InChI=1S/C8H10S2/c1-7(9)10-6-8-4-2-3-5-8/h2-5,8H,6H2,1H3. The molecule has 54 valence electrons. The fraction of sp³-hybridized carbons (Fsp3) is 0.375. The molecule has 10 heavy (non-hydrogen) atoms. The fourth-order valence-corrected chi connectivity index (χ4v) is 1.66. The molecule has 0 aliphatic heterocycles. The van der Waals surface area contributed by atoms with Crippen molar-refractivity contribution >= 4 is 28.2 Å². The lowest BCUT2D eigenvalue weighted by Gasteiger charge is -2.01. The van der Waals surface area contributed by atoms with Gasteiger partial charge in [-0.1, -0.05) is 36.5 Å². The molecule has 0 fully saturated rings. The van der Waals surface area contributed by atoms with Crippen LogP contribution in [0.2, 0.25) is 0 Å². The molecule has 0 amide bonds. The van der Waals surface area contributed by atoms with Crippen LogP contribution in [0.15, 0.2) is 24.3 Å². The van der Waals surface area contributed by atoms with Crippen molar-refractivity contribution in [1.82, 2.24) is 0 Å². The first-order valence-corrected chi connectivity index (χ1v) is 4.67. The van der Waals surface area contributed by atoms with Gasteiger partial charge in [-0.3, -0.25) is 0 Å². The molecule has 0 atom stereocenters. The summed E-state index contributed by atoms with van der Waals surface area (Å²) in [4.78, 5) is 0. The fourth-order valence-electron chi connectivity index (χ4n) is 0.803. The van der Waals surface area contributed by atoms with E-state index >= 15 is 0 Å². The average Bonchev–Trinajstić information content (AvgIpc) is 2.34. The van der Waals surface area contributed by atoms with E-state index in [0.717, 1.165) is 9.95 Å². The van der Waals surface area contributed by atoms with Crippen LogP contribution in [0, 0.1) is 5.92 Å². The van der Waals surface area contributed by atoms with Crippen LogP contribution < -0.4 is 0 Å². The molecule has 1 aliphatic carbocycles. The molecule has 0 unspecified atom stereocenters. The summed E-state index contributed by atoms with van der Waals surface area (Å²) < 4.78 is 1.04. The third-order valence-electron chi connectivity index (χ3n) is 1.31. The predicted molar refractivity (Wildman–Crippen MR) is 52.5 cm³/mol. The molecule has 0 aromatic rings. The van der Waals surface area contributed by atoms with Gasteiger partial charge in [0.2, 0.25) is 0 Å². The summed E-state index contributed by atoms with van der Waals surface area (Å²) in [6.07, 6.45) is 8.57. The highest BCUT2D eigenvalue weighted by molar-refractivity contribution is 8.23. The van der Waals surface area contributed by atoms with Gasteiger partial charge in [-0.25, -0.2) is 0 Å². The first-order chi connectivity index (χ1) is 4.79. The van der Waals surface area contributed by atoms with E-state index in [1.54, 1.807) is 11.8 Å². The first kappa shape index (κ1) is 8.02. The quantitative estimate of drug-likeness (QED) is 0.584. The molecule has 0 nitrogen and oxygen atoms in total. The average molecular weight is 170 g/mol. The maximum absolute atomic E-state index is 4.94. The van der Waals surface area contributed by atoms with Gasteiger partial charge in [-0.2, -0.15) is 0 Å². The lowest BCUT2D eigenvalue weighted by atomic mass is 10.2. The van der Waals surface area contributed by atoms with Crippen molar-refractivity contribution in [2.75, 3.05) is 5.75 Å². The Hall–Kier alpha value is -0.0800. The van der Waals surface area contributed by atoms with Crippen LogP contribution in [0.5, 0.6) is 0 Å². The monoisotopic (exact) mass is 170 g/mol. The summed E-state index contributed by atoms with van der Waals surface area (Å²) in [6, 6.07) is 0. The molecule has 0 saturated carbocycles. The number of hydrogen-bond donors (Lipinski definition) is 0. The van der Waals surface area contributed by atoms with Gasteiger partial charge in [0.25, 0.3) is 0 Å². The van der Waals surface area contributed by atoms with Crippen LogP contribution in [0.3, 0.4) is 0 Å². The van der Waals surface area contributed by atoms with Crippen molar-refractivity contribution in [2.45, 2.75) is 6.92 Å². The molecular weight excluding hydrogens is 160 g/mol. The summed E-state index contributed by atoms with van der Waals surface area (Å²) in [5.74, 6) is 1.71. The third-order valence-corrected chi connectivity index (χ3v) is 2.62. The second kappa shape index (κ2) is 3.94. The summed E-state index contributed by atoms with van der Waals surface area (Å²) in [6.45, 7) is 1.97. The Morgan fingerprint density at radius 3 is 2.60 bits per heavy atom. The Labute approximate surface area is 71.4 Å². The highest BCUT2D eigenvalue weighted by Gasteiger charge is 2.02. The van der Waals surface area contributed by atoms with Gasteiger partial charge in [0.1, 0.15) is 0 Å². The Bertz CT molecular complexity index is 168. The van der Waals surface area contributed by atoms with Crippen molar-refractivity contribution < 1.29 is 0 Å². The molecule has 0 saturated heterocycles. The van der Waals surface area contributed by atoms with E-state index < -0.39 is 0 Å². The van der Waals surface area contributed by atoms with Crippen LogP contribution in [0.4, 0.5) is 0 Å². The van der Waals surface area contributed by atoms with Crippen molar-refractivity contribution in [2.24, 2.45) is 5.92 Å². The maximum Gasteiger partial charge on any atom is 0.0447 e. The molecule has 0 N–H and O–H groups in total. The predicted octanol–water partition coefficient (Wildman–Crippen LogP) is 2.81. The largest absolute Gasteiger partial charge is 0.118 e. The summed E-state index contributed by atoms with van der Waals surface area (Å²) in [5.41, 5.74) is 0. The molecule has 1 rings (SSSR count). The van der Waals surface area contributed by atoms with E-state index in [9.17, 15) is 0 Å². The molecule has 0 spiro atoms. The number of rotatable bonds is 2. The van der Waals surface area contributed by atoms with Gasteiger partial charge in [0.05, 0.1) is 0 Å². The van der Waals surface area contributed by atoms with Crippen LogP contribution in [0.25, 0.3) is 0 Å². The Balaban J connectivity index is 2.20. The maximum atomic E-state index is 4.94. The van der Waals surface area contributed by atoms with Crippen molar-refractivity contribution in [3.05, 3.63) is 24.3 Å². The summed E-state index contributed by atoms with van der Waals surface area (Å²) in [5, 5.41) is 0. The molecule has 0 aromatic carbocycles. The Kier molecular flexibility index (Phi) is 3.16. The third kappa shape index (κ3) is 2.67. The van der Waals surface area contributed by atoms with Crippen molar-refractivity contribution in [1.29, 1.82) is 0 Å². The van der Waals surface area contributed by atoms with E-state index in [1.807, 2.05) is 6.92 Å². The second-order valence-electron chi connectivity index (χ2n) is 2.24. The van der Waals surface area contributed by atoms with E-state index in [2.05, 4.69) is 24.3 Å². The van der Waals surface area contributed by atoms with Crippen molar-refractivity contribution in [3.63, 3.8) is 0 Å². The first-order valence-electron chi connectivity index (χ1n) is 3.27. The van der Waals surface area contributed by atoms with Crippen LogP contribution >= 0.6 is 24.0 Å². The van der Waals surface area contributed by atoms with Gasteiger partial charge in [0.15, 0.2) is 0 Å². The topological polar surface area (TPSA) is 0 Å². The summed E-state index contributed by atoms with van der Waals surface area (Å²) >= 11 is 6.70. The van der Waals surface area contributed by atoms with E-state index in [-0.39, 0.29) is 0 Å². The summed E-state index contributed by atoms with van der Waals surface area (Å²) in [7, 11) is 0. The molecule has 0 radical (unpaired) electrons. The highest BCUT2D eigenvalue weighted by Crippen LogP contribution is 2.16. The zero-order chi connectivity index (χ0) is 7.40. The molecule has 0 aromatic heterocycles. The minimum Gasteiger partial charge on any atom is -0.118 e. The van der Waals surface area contributed by atoms with E-state index in [0.29, 0.717) is 5.92 Å². The Morgan fingerprint density at radius 2 is 2.10 bits per heavy atom. The van der Waals surface area contributed by atoms with E-state index in [4.69, 9.17) is 12.2 Å². The molecular formula is C8H10S2. The zero-order valence-corrected chi connectivity index (χ0v) is 7.54. The van der Waals surface area contributed by atoms with Crippen molar-refractivity contribution in [3.8, 4) is 0 Å². The van der Waals surface area contributed by atoms with Gasteiger partial charge in [-0.05, 0) is 6.92 Å². The number of hydrogen-bond acceptors (Lipinski definition) is 2. The number of thiocarbonyl (C=S) groups is 1. The zero-order valence-electron chi connectivity index (χ0n) is 5.91. The van der Waals surface area contributed by atoms with Gasteiger partial charge >= 0.3 is 0 Å². The van der Waals surface area contributed by atoms with Gasteiger partial charge < -0.3 is 0 Å². The van der Waals surface area contributed by atoms with E-state index in [1.165, 1.54) is 0 Å². The SMILES string of the molecule is CC(=S)SCC1C=CC=C1. The lowest BCUT2D eigenvalue weighted by Crippen LogP contribution is -1.94. The Morgan fingerprint density at radius 1 is 1.50 bits per heavy atom. The minimum absolute atomic E-state index is 0.614. The van der Waals surface area contributed by atoms with Crippen LogP contribution in [-0.2, 0) is 0 Å². The molecule has 0 heterocycles. The smallest absolute Gasteiger partial charge is 0.0447 e.